The van der Waals surface area contributed by atoms with Crippen LogP contribution in [0.1, 0.15) is 17.3 Å². The Labute approximate surface area is 95.0 Å². The standard InChI is InChI=1S/C11H7NO3S/c1-2-5-15-11(14)7-3-4-8-9(6-7)16-12-10(8)13/h3-4,6H,1H3,(H,12,13). The van der Waals surface area contributed by atoms with Crippen LogP contribution in [0.25, 0.3) is 10.1 Å². The highest BCUT2D eigenvalue weighted by atomic mass is 32.1. The van der Waals surface area contributed by atoms with E-state index in [1.807, 2.05) is 0 Å². The summed E-state index contributed by atoms with van der Waals surface area (Å²) in [4.78, 5) is 22.7. The summed E-state index contributed by atoms with van der Waals surface area (Å²) in [5.74, 6) is 1.95. The molecule has 0 spiro atoms. The van der Waals surface area contributed by atoms with Crippen molar-refractivity contribution in [1.29, 1.82) is 0 Å². The van der Waals surface area contributed by atoms with Crippen molar-refractivity contribution in [1.82, 2.24) is 4.37 Å². The topological polar surface area (TPSA) is 59.2 Å². The molecule has 1 aromatic heterocycles. The Kier molecular flexibility index (Phi) is 2.75. The van der Waals surface area contributed by atoms with Crippen LogP contribution in [0.5, 0.6) is 0 Å². The molecule has 1 heterocycles. The van der Waals surface area contributed by atoms with Gasteiger partial charge >= 0.3 is 5.97 Å². The van der Waals surface area contributed by atoms with E-state index >= 15 is 0 Å². The Bertz CT molecular complexity index is 657. The van der Waals surface area contributed by atoms with Gasteiger partial charge in [-0.3, -0.25) is 9.17 Å². The number of ether oxygens (including phenoxy) is 1. The number of esters is 1. The number of rotatable bonds is 1. The highest BCUT2D eigenvalue weighted by Gasteiger charge is 2.09. The largest absolute Gasteiger partial charge is 0.369 e. The van der Waals surface area contributed by atoms with Crippen molar-refractivity contribution in [2.45, 2.75) is 6.92 Å². The summed E-state index contributed by atoms with van der Waals surface area (Å²) in [6.07, 6.45) is 2.23. The van der Waals surface area contributed by atoms with Gasteiger partial charge in [-0.05, 0) is 18.2 Å². The van der Waals surface area contributed by atoms with Crippen LogP contribution in [0.4, 0.5) is 0 Å². The zero-order valence-corrected chi connectivity index (χ0v) is 9.18. The van der Waals surface area contributed by atoms with E-state index in [2.05, 4.69) is 21.1 Å². The molecule has 0 bridgehead atoms. The molecular formula is C11H7NO3S. The highest BCUT2D eigenvalue weighted by molar-refractivity contribution is 7.13. The molecule has 0 saturated heterocycles. The molecule has 1 N–H and O–H groups in total. The van der Waals surface area contributed by atoms with Gasteiger partial charge < -0.3 is 4.74 Å². The lowest BCUT2D eigenvalue weighted by atomic mass is 10.2. The molecule has 0 aliphatic rings. The van der Waals surface area contributed by atoms with Crippen molar-refractivity contribution < 1.29 is 9.53 Å². The molecule has 80 valence electrons. The number of benzene rings is 1. The van der Waals surface area contributed by atoms with Crippen molar-refractivity contribution in [3.05, 3.63) is 34.1 Å². The van der Waals surface area contributed by atoms with Gasteiger partial charge in [0.15, 0.2) is 0 Å². The Morgan fingerprint density at radius 2 is 2.31 bits per heavy atom. The molecule has 0 saturated carbocycles. The fourth-order valence-electron chi connectivity index (χ4n) is 1.23. The van der Waals surface area contributed by atoms with E-state index in [1.165, 1.54) is 11.5 Å². The van der Waals surface area contributed by atoms with E-state index in [-0.39, 0.29) is 5.56 Å². The minimum Gasteiger partial charge on any atom is -0.369 e. The van der Waals surface area contributed by atoms with Gasteiger partial charge in [-0.15, -0.1) is 0 Å². The number of H-pyrrole nitrogens is 1. The van der Waals surface area contributed by atoms with E-state index in [4.69, 9.17) is 0 Å². The number of aromatic amines is 1. The zero-order valence-electron chi connectivity index (χ0n) is 8.37. The molecule has 0 atom stereocenters. The molecule has 0 fully saturated rings. The van der Waals surface area contributed by atoms with E-state index in [9.17, 15) is 9.59 Å². The maximum absolute atomic E-state index is 11.4. The number of hydrogen-bond acceptors (Lipinski definition) is 4. The third-order valence-corrected chi connectivity index (χ3v) is 2.81. The molecule has 1 aromatic carbocycles. The number of hydrogen-bond donors (Lipinski definition) is 1. The maximum atomic E-state index is 11.4. The predicted octanol–water partition coefficient (Wildman–Crippen LogP) is 1.73. The van der Waals surface area contributed by atoms with Crippen LogP contribution in [0, 0.1) is 12.0 Å². The highest BCUT2D eigenvalue weighted by Crippen LogP contribution is 2.16. The van der Waals surface area contributed by atoms with Gasteiger partial charge in [-0.1, -0.05) is 17.5 Å². The Morgan fingerprint density at radius 3 is 3.06 bits per heavy atom. The van der Waals surface area contributed by atoms with Gasteiger partial charge in [0.25, 0.3) is 5.56 Å². The van der Waals surface area contributed by atoms with Gasteiger partial charge in [0.1, 0.15) is 6.11 Å². The van der Waals surface area contributed by atoms with Crippen LogP contribution in [0.15, 0.2) is 23.0 Å². The summed E-state index contributed by atoms with van der Waals surface area (Å²) in [6, 6.07) is 4.75. The maximum Gasteiger partial charge on any atom is 0.352 e. The average Bonchev–Trinajstić information content (AvgIpc) is 2.67. The third-order valence-electron chi connectivity index (χ3n) is 1.96. The van der Waals surface area contributed by atoms with Crippen molar-refractivity contribution in [3.63, 3.8) is 0 Å². The molecule has 0 radical (unpaired) electrons. The first kappa shape index (κ1) is 10.5. The van der Waals surface area contributed by atoms with E-state index in [1.54, 1.807) is 25.1 Å². The van der Waals surface area contributed by atoms with Gasteiger partial charge in [0.05, 0.1) is 15.6 Å². The first-order chi connectivity index (χ1) is 7.72. The van der Waals surface area contributed by atoms with Crippen LogP contribution >= 0.6 is 11.5 Å². The molecule has 0 aliphatic heterocycles. The number of fused-ring (bicyclic) bond motifs is 1. The lowest BCUT2D eigenvalue weighted by Gasteiger charge is -1.96. The molecule has 0 aliphatic carbocycles. The first-order valence-electron chi connectivity index (χ1n) is 4.46. The molecule has 2 aromatic rings. The van der Waals surface area contributed by atoms with Crippen LogP contribution in [-0.4, -0.2) is 10.3 Å². The second kappa shape index (κ2) is 4.21. The lowest BCUT2D eigenvalue weighted by Crippen LogP contribution is -2.01. The molecule has 0 unspecified atom stereocenters. The second-order valence-corrected chi connectivity index (χ2v) is 3.83. The number of nitrogens with one attached hydrogen (secondary N) is 1. The zero-order chi connectivity index (χ0) is 11.5. The number of carbonyl (C=O) groups excluding carboxylic acids is 1. The number of carbonyl (C=O) groups is 1. The Balaban J connectivity index is 2.42. The minimum absolute atomic E-state index is 0.145. The van der Waals surface area contributed by atoms with Gasteiger partial charge in [0.2, 0.25) is 0 Å². The summed E-state index contributed by atoms with van der Waals surface area (Å²) < 4.78 is 7.97. The van der Waals surface area contributed by atoms with E-state index in [0.717, 1.165) is 4.70 Å². The SMILES string of the molecule is CC#COC(=O)c1ccc2c(=O)[nH]sc2c1. The summed E-state index contributed by atoms with van der Waals surface area (Å²) in [5, 5.41) is 0.572. The molecule has 5 heteroatoms. The predicted molar refractivity (Wildman–Crippen MR) is 61.3 cm³/mol. The monoisotopic (exact) mass is 233 g/mol. The minimum atomic E-state index is -0.517. The van der Waals surface area contributed by atoms with Crippen molar-refractivity contribution in [2.24, 2.45) is 0 Å². The van der Waals surface area contributed by atoms with Crippen LogP contribution in [-0.2, 0) is 4.74 Å². The summed E-state index contributed by atoms with van der Waals surface area (Å²) in [5.41, 5.74) is 0.235. The molecule has 4 nitrogen and oxygen atoms in total. The fraction of sp³-hybridized carbons (Fsp3) is 0.0909. The van der Waals surface area contributed by atoms with Gasteiger partial charge in [0, 0.05) is 6.92 Å². The van der Waals surface area contributed by atoms with Crippen LogP contribution in [0.3, 0.4) is 0 Å². The van der Waals surface area contributed by atoms with Crippen molar-refractivity contribution >= 4 is 27.6 Å². The quantitative estimate of drug-likeness (QED) is 0.602. The average molecular weight is 233 g/mol. The molecule has 0 amide bonds. The first-order valence-corrected chi connectivity index (χ1v) is 5.28. The van der Waals surface area contributed by atoms with Gasteiger partial charge in [-0.2, -0.15) is 0 Å². The summed E-state index contributed by atoms with van der Waals surface area (Å²) in [7, 11) is 0. The number of aromatic nitrogens is 1. The van der Waals surface area contributed by atoms with Gasteiger partial charge in [-0.25, -0.2) is 4.79 Å². The van der Waals surface area contributed by atoms with E-state index < -0.39 is 5.97 Å². The second-order valence-electron chi connectivity index (χ2n) is 2.99. The molecular weight excluding hydrogens is 226 g/mol. The smallest absolute Gasteiger partial charge is 0.352 e. The lowest BCUT2D eigenvalue weighted by molar-refractivity contribution is 0.0690. The molecule has 2 rings (SSSR count). The van der Waals surface area contributed by atoms with Crippen molar-refractivity contribution in [3.8, 4) is 12.0 Å². The summed E-state index contributed by atoms with van der Waals surface area (Å²) in [6.45, 7) is 1.58. The summed E-state index contributed by atoms with van der Waals surface area (Å²) >= 11 is 1.19. The third kappa shape index (κ3) is 1.83. The fourth-order valence-corrected chi connectivity index (χ4v) is 2.00. The Morgan fingerprint density at radius 1 is 1.50 bits per heavy atom. The normalized spacial score (nSPS) is 9.56. The molecule has 16 heavy (non-hydrogen) atoms. The van der Waals surface area contributed by atoms with E-state index in [0.29, 0.717) is 10.9 Å². The van der Waals surface area contributed by atoms with Crippen LogP contribution < -0.4 is 5.56 Å². The van der Waals surface area contributed by atoms with Crippen LogP contribution in [0.2, 0.25) is 0 Å². The Hall–Kier alpha value is -2.06. The van der Waals surface area contributed by atoms with Crippen molar-refractivity contribution in [2.75, 3.05) is 0 Å².